The molecule has 1 saturated heterocycles. The van der Waals surface area contributed by atoms with E-state index < -0.39 is 0 Å². The first-order valence-electron chi connectivity index (χ1n) is 9.57. The summed E-state index contributed by atoms with van der Waals surface area (Å²) in [6.45, 7) is 2.55. The summed E-state index contributed by atoms with van der Waals surface area (Å²) in [6.07, 6.45) is 2.08. The third kappa shape index (κ3) is 3.61. The molecule has 4 nitrogen and oxygen atoms in total. The molecular weight excluding hydrogens is 356 g/mol. The maximum Gasteiger partial charge on any atom is 0.227 e. The zero-order chi connectivity index (χ0) is 18.8. The molecule has 140 valence electrons. The van der Waals surface area contributed by atoms with Gasteiger partial charge in [-0.1, -0.05) is 43.3 Å². The van der Waals surface area contributed by atoms with E-state index in [9.17, 15) is 9.59 Å². The molecule has 2 aliphatic heterocycles. The van der Waals surface area contributed by atoms with Gasteiger partial charge in [0.05, 0.1) is 12.0 Å². The van der Waals surface area contributed by atoms with Gasteiger partial charge < -0.3 is 10.2 Å². The van der Waals surface area contributed by atoms with Crippen molar-refractivity contribution in [1.82, 2.24) is 5.32 Å². The van der Waals surface area contributed by atoms with E-state index in [-0.39, 0.29) is 30.2 Å². The normalized spacial score (nSPS) is 21.8. The molecule has 0 bridgehead atoms. The summed E-state index contributed by atoms with van der Waals surface area (Å²) in [5.74, 6) is 0.744. The summed E-state index contributed by atoms with van der Waals surface area (Å²) in [5, 5.41) is 3.21. The van der Waals surface area contributed by atoms with Crippen LogP contribution in [-0.4, -0.2) is 24.1 Å². The summed E-state index contributed by atoms with van der Waals surface area (Å²) in [6, 6.07) is 16.3. The molecule has 4 rings (SSSR count). The minimum atomic E-state index is -0.288. The minimum absolute atomic E-state index is 0.00784. The second-order valence-electron chi connectivity index (χ2n) is 7.12. The standard InChI is InChI=1S/C22H24N2O2S/c1-2-15-7-3-5-9-19(15)24-14-16(13-21(24)25)22(26)23-18-11-12-27-20-10-6-4-8-17(18)20/h3-10,16,18H,2,11-14H2,1H3,(H,23,26). The molecular formula is C22H24N2O2S. The molecule has 2 aromatic carbocycles. The number of carbonyl (C=O) groups excluding carboxylic acids is 2. The average molecular weight is 381 g/mol. The number of nitrogens with one attached hydrogen (secondary N) is 1. The molecule has 2 amide bonds. The van der Waals surface area contributed by atoms with Crippen molar-refractivity contribution in [3.63, 3.8) is 0 Å². The van der Waals surface area contributed by atoms with Gasteiger partial charge in [-0.3, -0.25) is 9.59 Å². The predicted molar refractivity (Wildman–Crippen MR) is 109 cm³/mol. The zero-order valence-electron chi connectivity index (χ0n) is 15.5. The molecule has 2 aliphatic rings. The zero-order valence-corrected chi connectivity index (χ0v) is 16.3. The van der Waals surface area contributed by atoms with Crippen LogP contribution in [0.5, 0.6) is 0 Å². The van der Waals surface area contributed by atoms with Gasteiger partial charge in [-0.2, -0.15) is 0 Å². The number of anilines is 1. The molecule has 0 radical (unpaired) electrons. The van der Waals surface area contributed by atoms with E-state index >= 15 is 0 Å². The average Bonchev–Trinajstić information content (AvgIpc) is 3.10. The summed E-state index contributed by atoms with van der Waals surface area (Å²) in [4.78, 5) is 28.5. The van der Waals surface area contributed by atoms with Crippen molar-refractivity contribution in [2.24, 2.45) is 5.92 Å². The summed E-state index contributed by atoms with van der Waals surface area (Å²) in [5.41, 5.74) is 3.28. The highest BCUT2D eigenvalue weighted by atomic mass is 32.2. The van der Waals surface area contributed by atoms with Crippen LogP contribution in [0.25, 0.3) is 0 Å². The van der Waals surface area contributed by atoms with Gasteiger partial charge >= 0.3 is 0 Å². The number of amides is 2. The Labute approximate surface area is 164 Å². The number of nitrogens with zero attached hydrogens (tertiary/aromatic N) is 1. The van der Waals surface area contributed by atoms with E-state index in [0.29, 0.717) is 6.54 Å². The number of para-hydroxylation sites is 1. The third-order valence-corrected chi connectivity index (χ3v) is 6.56. The van der Waals surface area contributed by atoms with Crippen molar-refractivity contribution >= 4 is 29.3 Å². The molecule has 2 aromatic rings. The van der Waals surface area contributed by atoms with Gasteiger partial charge in [-0.25, -0.2) is 0 Å². The first-order chi connectivity index (χ1) is 13.2. The monoisotopic (exact) mass is 380 g/mol. The summed E-state index contributed by atoms with van der Waals surface area (Å²) < 4.78 is 0. The number of aryl methyl sites for hydroxylation is 1. The van der Waals surface area contributed by atoms with Crippen molar-refractivity contribution in [1.29, 1.82) is 0 Å². The Bertz CT molecular complexity index is 867. The molecule has 0 spiro atoms. The van der Waals surface area contributed by atoms with Crippen LogP contribution in [0.2, 0.25) is 0 Å². The SMILES string of the molecule is CCc1ccccc1N1CC(C(=O)NC2CCSc3ccccc32)CC1=O. The molecule has 0 saturated carbocycles. The van der Waals surface area contributed by atoms with Crippen LogP contribution in [0, 0.1) is 5.92 Å². The van der Waals surface area contributed by atoms with E-state index in [4.69, 9.17) is 0 Å². The number of hydrogen-bond donors (Lipinski definition) is 1. The number of hydrogen-bond acceptors (Lipinski definition) is 3. The van der Waals surface area contributed by atoms with Crippen LogP contribution in [0.1, 0.15) is 36.9 Å². The van der Waals surface area contributed by atoms with Crippen LogP contribution in [-0.2, 0) is 16.0 Å². The van der Waals surface area contributed by atoms with Crippen molar-refractivity contribution in [2.45, 2.75) is 37.1 Å². The van der Waals surface area contributed by atoms with Crippen LogP contribution in [0.3, 0.4) is 0 Å². The fourth-order valence-corrected chi connectivity index (χ4v) is 5.10. The second-order valence-corrected chi connectivity index (χ2v) is 8.26. The van der Waals surface area contributed by atoms with Crippen LogP contribution in [0.15, 0.2) is 53.4 Å². The molecule has 1 fully saturated rings. The lowest BCUT2D eigenvalue weighted by Crippen LogP contribution is -2.36. The molecule has 27 heavy (non-hydrogen) atoms. The van der Waals surface area contributed by atoms with Crippen LogP contribution in [0.4, 0.5) is 5.69 Å². The Kier molecular flexibility index (Phi) is 5.21. The van der Waals surface area contributed by atoms with Gasteiger partial charge in [0.15, 0.2) is 0 Å². The number of fused-ring (bicyclic) bond motifs is 1. The molecule has 2 heterocycles. The lowest BCUT2D eigenvalue weighted by Gasteiger charge is -2.27. The van der Waals surface area contributed by atoms with Gasteiger partial charge in [-0.15, -0.1) is 11.8 Å². The topological polar surface area (TPSA) is 49.4 Å². The highest BCUT2D eigenvalue weighted by molar-refractivity contribution is 7.99. The molecule has 0 aromatic heterocycles. The van der Waals surface area contributed by atoms with Crippen molar-refractivity contribution in [2.75, 3.05) is 17.2 Å². The Morgan fingerprint density at radius 2 is 1.96 bits per heavy atom. The van der Waals surface area contributed by atoms with Crippen LogP contribution >= 0.6 is 11.8 Å². The molecule has 5 heteroatoms. The first kappa shape index (κ1) is 18.1. The smallest absolute Gasteiger partial charge is 0.227 e. The molecule has 2 atom stereocenters. The second kappa shape index (κ2) is 7.77. The summed E-state index contributed by atoms with van der Waals surface area (Å²) >= 11 is 1.84. The van der Waals surface area contributed by atoms with E-state index in [0.717, 1.165) is 29.8 Å². The number of benzene rings is 2. The minimum Gasteiger partial charge on any atom is -0.349 e. The van der Waals surface area contributed by atoms with E-state index in [1.165, 1.54) is 10.5 Å². The van der Waals surface area contributed by atoms with Gasteiger partial charge in [0.25, 0.3) is 0 Å². The lowest BCUT2D eigenvalue weighted by molar-refractivity contribution is -0.127. The first-order valence-corrected chi connectivity index (χ1v) is 10.6. The molecule has 0 aliphatic carbocycles. The number of rotatable bonds is 4. The lowest BCUT2D eigenvalue weighted by atomic mass is 10.0. The van der Waals surface area contributed by atoms with Crippen molar-refractivity contribution < 1.29 is 9.59 Å². The maximum absolute atomic E-state index is 12.9. The van der Waals surface area contributed by atoms with Gasteiger partial charge in [0.1, 0.15) is 0 Å². The maximum atomic E-state index is 12.9. The Morgan fingerprint density at radius 3 is 2.81 bits per heavy atom. The Balaban J connectivity index is 1.47. The quantitative estimate of drug-likeness (QED) is 0.874. The largest absolute Gasteiger partial charge is 0.349 e. The highest BCUT2D eigenvalue weighted by Gasteiger charge is 2.37. The van der Waals surface area contributed by atoms with Gasteiger partial charge in [0, 0.05) is 29.3 Å². The van der Waals surface area contributed by atoms with Crippen LogP contribution < -0.4 is 10.2 Å². The van der Waals surface area contributed by atoms with Crippen molar-refractivity contribution in [3.8, 4) is 0 Å². The van der Waals surface area contributed by atoms with E-state index in [1.807, 2.05) is 48.2 Å². The highest BCUT2D eigenvalue weighted by Crippen LogP contribution is 2.36. The fraction of sp³-hybridized carbons (Fsp3) is 0.364. The Morgan fingerprint density at radius 1 is 1.19 bits per heavy atom. The van der Waals surface area contributed by atoms with Gasteiger partial charge in [0.2, 0.25) is 11.8 Å². The van der Waals surface area contributed by atoms with Gasteiger partial charge in [-0.05, 0) is 36.1 Å². The summed E-state index contributed by atoms with van der Waals surface area (Å²) in [7, 11) is 0. The number of carbonyl (C=O) groups is 2. The molecule has 1 N–H and O–H groups in total. The van der Waals surface area contributed by atoms with E-state index in [1.54, 1.807) is 4.90 Å². The van der Waals surface area contributed by atoms with E-state index in [2.05, 4.69) is 24.4 Å². The van der Waals surface area contributed by atoms with Crippen molar-refractivity contribution in [3.05, 3.63) is 59.7 Å². The Hall–Kier alpha value is -2.27. The predicted octanol–water partition coefficient (Wildman–Crippen LogP) is 3.96. The third-order valence-electron chi connectivity index (χ3n) is 5.43. The molecule has 2 unspecified atom stereocenters. The fourth-order valence-electron chi connectivity index (χ4n) is 3.97. The number of thioether (sulfide) groups is 1.